The first-order valence-electron chi connectivity index (χ1n) is 11.3. The predicted octanol–water partition coefficient (Wildman–Crippen LogP) is 3.38. The maximum atomic E-state index is 12.9. The summed E-state index contributed by atoms with van der Waals surface area (Å²) in [6.45, 7) is 6.40. The fraction of sp³-hybridized carbons (Fsp3) is 0.565. The van der Waals surface area contributed by atoms with Crippen molar-refractivity contribution in [1.82, 2.24) is 15.1 Å². The first-order chi connectivity index (χ1) is 14.9. The van der Waals surface area contributed by atoms with Crippen molar-refractivity contribution in [2.75, 3.05) is 26.2 Å². The van der Waals surface area contributed by atoms with Crippen LogP contribution in [0.5, 0.6) is 0 Å². The van der Waals surface area contributed by atoms with Crippen LogP contribution in [0.3, 0.4) is 0 Å². The molecule has 2 amide bonds. The fourth-order valence-corrected chi connectivity index (χ4v) is 6.23. The summed E-state index contributed by atoms with van der Waals surface area (Å²) < 4.78 is 29.9. The molecule has 1 saturated carbocycles. The Bertz CT molecular complexity index is 992. The maximum Gasteiger partial charge on any atom is 0.317 e. The minimum Gasteiger partial charge on any atom is -0.354 e. The molecule has 0 atom stereocenters. The van der Waals surface area contributed by atoms with Gasteiger partial charge >= 0.3 is 6.03 Å². The first kappa shape index (κ1) is 21.9. The summed E-state index contributed by atoms with van der Waals surface area (Å²) >= 11 is 0. The molecule has 0 radical (unpaired) electrons. The van der Waals surface area contributed by atoms with Crippen LogP contribution in [0.1, 0.15) is 57.1 Å². The Balaban J connectivity index is 1.48. The van der Waals surface area contributed by atoms with Crippen molar-refractivity contribution in [2.45, 2.75) is 58.4 Å². The molecule has 0 spiro atoms. The molecule has 1 aliphatic carbocycles. The maximum absolute atomic E-state index is 12.9. The van der Waals surface area contributed by atoms with Gasteiger partial charge in [0.2, 0.25) is 0 Å². The molecule has 3 aliphatic rings. The Hall–Kier alpha value is -2.35. The summed E-state index contributed by atoms with van der Waals surface area (Å²) in [4.78, 5) is 16.8. The van der Waals surface area contributed by atoms with Crippen molar-refractivity contribution in [3.8, 4) is 0 Å². The average molecular weight is 445 g/mol. The lowest BCUT2D eigenvalue weighted by Crippen LogP contribution is -2.45. The number of sulfonamides is 1. The van der Waals surface area contributed by atoms with E-state index >= 15 is 0 Å². The summed E-state index contributed by atoms with van der Waals surface area (Å²) in [5.74, 6) is 0.521. The van der Waals surface area contributed by atoms with E-state index in [1.54, 1.807) is 0 Å². The third kappa shape index (κ3) is 4.63. The molecule has 1 aromatic rings. The monoisotopic (exact) mass is 444 g/mol. The number of aryl methyl sites for hydroxylation is 1. The number of amidine groups is 1. The largest absolute Gasteiger partial charge is 0.354 e. The molecule has 2 aliphatic heterocycles. The van der Waals surface area contributed by atoms with Crippen LogP contribution < -0.4 is 5.32 Å². The van der Waals surface area contributed by atoms with E-state index in [4.69, 9.17) is 0 Å². The number of hydrogen-bond acceptors (Lipinski definition) is 4. The molecule has 8 heteroatoms. The molecule has 7 nitrogen and oxygen atoms in total. The molecule has 2 heterocycles. The lowest BCUT2D eigenvalue weighted by Gasteiger charge is -2.25. The zero-order valence-electron chi connectivity index (χ0n) is 18.4. The van der Waals surface area contributed by atoms with E-state index in [0.29, 0.717) is 54.1 Å². The normalized spacial score (nSPS) is 21.9. The molecule has 0 aromatic heterocycles. The van der Waals surface area contributed by atoms with E-state index in [0.717, 1.165) is 25.7 Å². The van der Waals surface area contributed by atoms with Crippen molar-refractivity contribution < 1.29 is 13.2 Å². The summed E-state index contributed by atoms with van der Waals surface area (Å²) in [7, 11) is -3.73. The van der Waals surface area contributed by atoms with Gasteiger partial charge in [-0.05, 0) is 43.7 Å². The summed E-state index contributed by atoms with van der Waals surface area (Å²) in [6, 6.07) is 7.96. The number of carbonyl (C=O) groups excluding carboxylic acids is 1. The molecule has 0 bridgehead atoms. The van der Waals surface area contributed by atoms with Crippen molar-refractivity contribution >= 4 is 26.8 Å². The van der Waals surface area contributed by atoms with Gasteiger partial charge in [0.25, 0.3) is 10.0 Å². The predicted molar refractivity (Wildman–Crippen MR) is 123 cm³/mol. The van der Waals surface area contributed by atoms with Crippen LogP contribution in [0.15, 0.2) is 34.2 Å². The molecule has 4 rings (SSSR count). The van der Waals surface area contributed by atoms with Crippen molar-refractivity contribution in [2.24, 2.45) is 4.40 Å². The van der Waals surface area contributed by atoms with Crippen LogP contribution in [-0.4, -0.2) is 62.3 Å². The van der Waals surface area contributed by atoms with Crippen LogP contribution in [0.2, 0.25) is 0 Å². The van der Waals surface area contributed by atoms with Gasteiger partial charge < -0.3 is 15.1 Å². The summed E-state index contributed by atoms with van der Waals surface area (Å²) in [5, 5.41) is 3.15. The van der Waals surface area contributed by atoms with E-state index in [1.165, 1.54) is 18.4 Å². The highest BCUT2D eigenvalue weighted by Crippen LogP contribution is 2.34. The number of benzene rings is 1. The first-order valence-corrected chi connectivity index (χ1v) is 12.8. The fourth-order valence-electron chi connectivity index (χ4n) is 4.74. The zero-order valence-corrected chi connectivity index (χ0v) is 19.2. The average Bonchev–Trinajstić information content (AvgIpc) is 3.24. The Morgan fingerprint density at radius 2 is 1.77 bits per heavy atom. The number of hydrogen-bond donors (Lipinski definition) is 1. The smallest absolute Gasteiger partial charge is 0.317 e. The number of nitrogens with zero attached hydrogens (tertiary/aromatic N) is 3. The van der Waals surface area contributed by atoms with Crippen LogP contribution in [0, 0.1) is 0 Å². The molecule has 31 heavy (non-hydrogen) atoms. The van der Waals surface area contributed by atoms with Gasteiger partial charge in [0.15, 0.2) is 0 Å². The van der Waals surface area contributed by atoms with Gasteiger partial charge in [0.1, 0.15) is 10.7 Å². The van der Waals surface area contributed by atoms with E-state index in [1.807, 2.05) is 41.0 Å². The van der Waals surface area contributed by atoms with Crippen molar-refractivity contribution in [3.63, 3.8) is 0 Å². The van der Waals surface area contributed by atoms with E-state index in [2.05, 4.69) is 16.6 Å². The Kier molecular flexibility index (Phi) is 6.36. The van der Waals surface area contributed by atoms with E-state index in [9.17, 15) is 13.2 Å². The lowest BCUT2D eigenvalue weighted by molar-refractivity contribution is 0.196. The van der Waals surface area contributed by atoms with Gasteiger partial charge in [-0.25, -0.2) is 4.79 Å². The van der Waals surface area contributed by atoms with Gasteiger partial charge in [0.05, 0.1) is 0 Å². The van der Waals surface area contributed by atoms with E-state index < -0.39 is 10.0 Å². The third-order valence-corrected chi connectivity index (χ3v) is 8.00. The van der Waals surface area contributed by atoms with E-state index in [-0.39, 0.29) is 6.03 Å². The Labute approximate surface area is 185 Å². The summed E-state index contributed by atoms with van der Waals surface area (Å²) in [6.07, 6.45) is 6.18. The van der Waals surface area contributed by atoms with Gasteiger partial charge in [-0.1, -0.05) is 44.0 Å². The SMILES string of the molecule is CCc1ccc(C2=C(C)C(N3CCCN(C(=O)NC4CCCC4)CC3)=NS2(=O)=O)cc1. The second-order valence-corrected chi connectivity index (χ2v) is 10.2. The second-order valence-electron chi connectivity index (χ2n) is 8.65. The minimum atomic E-state index is -3.73. The van der Waals surface area contributed by atoms with Crippen LogP contribution >= 0.6 is 0 Å². The van der Waals surface area contributed by atoms with Crippen LogP contribution in [-0.2, 0) is 16.4 Å². The van der Waals surface area contributed by atoms with Gasteiger partial charge in [-0.15, -0.1) is 4.40 Å². The highest BCUT2D eigenvalue weighted by Gasteiger charge is 2.34. The van der Waals surface area contributed by atoms with Gasteiger partial charge in [-0.3, -0.25) is 0 Å². The second kappa shape index (κ2) is 9.02. The summed E-state index contributed by atoms with van der Waals surface area (Å²) in [5.41, 5.74) is 2.54. The number of rotatable bonds is 3. The molecular formula is C23H32N4O3S. The topological polar surface area (TPSA) is 82.1 Å². The Morgan fingerprint density at radius 3 is 2.45 bits per heavy atom. The van der Waals surface area contributed by atoms with Crippen LogP contribution in [0.4, 0.5) is 4.79 Å². The number of nitrogens with one attached hydrogen (secondary N) is 1. The number of amides is 2. The quantitative estimate of drug-likeness (QED) is 0.775. The number of carbonyl (C=O) groups is 1. The Morgan fingerprint density at radius 1 is 1.06 bits per heavy atom. The molecule has 168 valence electrons. The standard InChI is InChI=1S/C23H32N4O3S/c1-3-18-9-11-19(12-10-18)21-17(2)22(25-31(21,29)30)26-13-6-14-27(16-15-26)23(28)24-20-7-4-5-8-20/h9-12,20H,3-8,13-16H2,1-2H3,(H,24,28). The minimum absolute atomic E-state index is 0.00120. The zero-order chi connectivity index (χ0) is 22.0. The highest BCUT2D eigenvalue weighted by atomic mass is 32.2. The van der Waals surface area contributed by atoms with Crippen molar-refractivity contribution in [3.05, 3.63) is 41.0 Å². The highest BCUT2D eigenvalue weighted by molar-refractivity contribution is 8.00. The molecule has 0 unspecified atom stereocenters. The lowest BCUT2D eigenvalue weighted by atomic mass is 10.1. The van der Waals surface area contributed by atoms with Crippen LogP contribution in [0.25, 0.3) is 4.91 Å². The molecule has 1 aromatic carbocycles. The van der Waals surface area contributed by atoms with Gasteiger partial charge in [0, 0.05) is 37.8 Å². The molecule has 1 N–H and O–H groups in total. The van der Waals surface area contributed by atoms with Gasteiger partial charge in [-0.2, -0.15) is 8.42 Å². The molecule has 2 fully saturated rings. The number of urea groups is 1. The van der Waals surface area contributed by atoms with Crippen molar-refractivity contribution in [1.29, 1.82) is 0 Å². The molecular weight excluding hydrogens is 412 g/mol. The third-order valence-electron chi connectivity index (χ3n) is 6.53. The molecule has 1 saturated heterocycles.